The van der Waals surface area contributed by atoms with Crippen molar-refractivity contribution in [2.75, 3.05) is 19.8 Å². The predicted octanol–water partition coefficient (Wildman–Crippen LogP) is 0.337. The van der Waals surface area contributed by atoms with E-state index in [1.165, 1.54) is 10.9 Å². The van der Waals surface area contributed by atoms with Crippen molar-refractivity contribution >= 4 is 31.9 Å². The van der Waals surface area contributed by atoms with Gasteiger partial charge in [-0.15, -0.1) is 5.10 Å². The van der Waals surface area contributed by atoms with Gasteiger partial charge in [0.05, 0.1) is 27.2 Å². The molecule has 0 spiro atoms. The average molecular weight is 605 g/mol. The monoisotopic (exact) mass is 605 g/mol. The normalized spacial score (nSPS) is 26.4. The molecule has 2 aliphatic rings. The van der Waals surface area contributed by atoms with E-state index in [9.17, 15) is 28.9 Å². The number of fused-ring (bicyclic) bond motifs is 1. The maximum atomic E-state index is 12.5. The van der Waals surface area contributed by atoms with Gasteiger partial charge in [-0.2, -0.15) is 0 Å². The van der Waals surface area contributed by atoms with Gasteiger partial charge >= 0.3 is 6.80 Å². The van der Waals surface area contributed by atoms with E-state index in [-0.39, 0.29) is 18.8 Å². The van der Waals surface area contributed by atoms with Crippen LogP contribution in [0.25, 0.3) is 0 Å². The van der Waals surface area contributed by atoms with Crippen molar-refractivity contribution in [2.45, 2.75) is 61.9 Å². The van der Waals surface area contributed by atoms with Crippen molar-refractivity contribution in [3.63, 3.8) is 0 Å². The largest absolute Gasteiger partial charge is 0.857 e. The van der Waals surface area contributed by atoms with E-state index in [0.29, 0.717) is 17.7 Å². The second kappa shape index (κ2) is 12.5. The fraction of sp³-hybridized carbons (Fsp3) is 0.571. The minimum atomic E-state index is -5.23. The molecular weight excluding hydrogens is 578 g/mol. The molecule has 0 amide bonds. The minimum Gasteiger partial charge on any atom is -0.857 e. The summed E-state index contributed by atoms with van der Waals surface area (Å²) in [6.45, 7) is -0.952. The molecule has 2 saturated heterocycles. The van der Waals surface area contributed by atoms with Crippen molar-refractivity contribution in [1.82, 2.24) is 15.0 Å². The zero-order valence-corrected chi connectivity index (χ0v) is 23.5. The molecule has 0 saturated carbocycles. The maximum Gasteiger partial charge on any atom is 0.391 e. The topological polar surface area (TPSA) is 213 Å². The van der Waals surface area contributed by atoms with Crippen LogP contribution < -0.4 is 14.9 Å². The molecule has 0 radical (unpaired) electrons. The van der Waals surface area contributed by atoms with E-state index in [1.54, 1.807) is 44.2 Å². The van der Waals surface area contributed by atoms with Gasteiger partial charge < -0.3 is 47.6 Å². The van der Waals surface area contributed by atoms with E-state index in [0.717, 1.165) is 11.4 Å². The molecule has 1 aromatic heterocycles. The molecule has 5 atom stereocenters. The molecule has 18 heteroatoms. The Kier molecular flexibility index (Phi) is 9.67. The molecule has 4 rings (SSSR count). The molecule has 0 bridgehead atoms. The van der Waals surface area contributed by atoms with Gasteiger partial charge in [-0.25, -0.2) is 9.25 Å². The lowest BCUT2D eigenvalue weighted by molar-refractivity contribution is -0.343. The average Bonchev–Trinajstić information content (AvgIpc) is 3.53. The van der Waals surface area contributed by atoms with Crippen LogP contribution in [-0.2, 0) is 32.4 Å². The lowest BCUT2D eigenvalue weighted by Gasteiger charge is -2.31. The molecule has 2 aliphatic heterocycles. The standard InChI is InChI=1S/C21H30N4O11P2S/c1-21(2)35-17-16(13-33-37(27,28)29)34-20(18(17)36-21)25-12-15(23-24-25)19(26)22-10-6-7-11-32-38(30,31)39-14-8-4-3-5-9-14/h3-5,8-9,12,16-18,20H,6-7,10-11,13H2,1-2H3,(H,22,26)(H,30,31)(H2,27,28,29)/p-3/t16-,17-,18-,20-/m1/s1. The van der Waals surface area contributed by atoms with E-state index < -0.39 is 57.5 Å². The van der Waals surface area contributed by atoms with Crippen LogP contribution in [0.5, 0.6) is 0 Å². The third kappa shape index (κ3) is 8.65. The van der Waals surface area contributed by atoms with Gasteiger partial charge in [-0.1, -0.05) is 23.4 Å². The number of nitrogens with zero attached hydrogens (tertiary/aromatic N) is 4. The van der Waals surface area contributed by atoms with Gasteiger partial charge in [0.25, 0.3) is 0 Å². The van der Waals surface area contributed by atoms with Gasteiger partial charge in [0.2, 0.25) is 0 Å². The zero-order valence-electron chi connectivity index (χ0n) is 20.9. The SMILES string of the molecule is CC1(C)O[C@@H]2[C@H](O1)[C@@H](COP(=O)([O-])[O-])O[C@H]2n1cc(C([O-])=NCCCCOP(=O)(O)Sc2ccccc2)nn1. The first-order chi connectivity index (χ1) is 18.3. The molecule has 216 valence electrons. The summed E-state index contributed by atoms with van der Waals surface area (Å²) in [5.74, 6) is -1.65. The van der Waals surface area contributed by atoms with Gasteiger partial charge in [0.15, 0.2) is 12.0 Å². The van der Waals surface area contributed by atoms with E-state index >= 15 is 0 Å². The number of rotatable bonds is 13. The quantitative estimate of drug-likeness (QED) is 0.141. The Morgan fingerprint density at radius 3 is 2.62 bits per heavy atom. The summed E-state index contributed by atoms with van der Waals surface area (Å²) in [6, 6.07) is 8.73. The first kappa shape index (κ1) is 30.3. The maximum absolute atomic E-state index is 12.5. The number of aromatic nitrogens is 3. The van der Waals surface area contributed by atoms with Crippen molar-refractivity contribution in [1.29, 1.82) is 0 Å². The number of phosphoric ester groups is 1. The highest BCUT2D eigenvalue weighted by molar-refractivity contribution is 8.54. The van der Waals surface area contributed by atoms with Crippen molar-refractivity contribution in [2.24, 2.45) is 4.99 Å². The van der Waals surface area contributed by atoms with Gasteiger partial charge in [-0.3, -0.25) is 4.99 Å². The van der Waals surface area contributed by atoms with Crippen LogP contribution in [0.2, 0.25) is 0 Å². The summed E-state index contributed by atoms with van der Waals surface area (Å²) in [5.41, 5.74) is -0.0630. The number of hydrogen-bond donors (Lipinski definition) is 1. The van der Waals surface area contributed by atoms with Crippen LogP contribution in [0.15, 0.2) is 46.4 Å². The second-order valence-electron chi connectivity index (χ2n) is 9.06. The fourth-order valence-corrected chi connectivity index (χ4v) is 6.80. The minimum absolute atomic E-state index is 0.0204. The Morgan fingerprint density at radius 1 is 1.18 bits per heavy atom. The van der Waals surface area contributed by atoms with Crippen LogP contribution in [0, 0.1) is 0 Å². The van der Waals surface area contributed by atoms with Crippen LogP contribution in [-0.4, -0.2) is 69.6 Å². The van der Waals surface area contributed by atoms with Crippen molar-refractivity contribution in [3.05, 3.63) is 42.2 Å². The highest BCUT2D eigenvalue weighted by Crippen LogP contribution is 2.59. The number of phosphoric acid groups is 1. The summed E-state index contributed by atoms with van der Waals surface area (Å²) in [6.07, 6.45) is -1.24. The Morgan fingerprint density at radius 2 is 1.90 bits per heavy atom. The van der Waals surface area contributed by atoms with Crippen LogP contribution >= 0.6 is 26.0 Å². The highest BCUT2D eigenvalue weighted by atomic mass is 32.7. The molecule has 3 heterocycles. The van der Waals surface area contributed by atoms with E-state index in [4.69, 9.17) is 18.7 Å². The number of benzene rings is 1. The summed E-state index contributed by atoms with van der Waals surface area (Å²) < 4.78 is 51.2. The fourth-order valence-electron chi connectivity index (χ4n) is 3.97. The van der Waals surface area contributed by atoms with Crippen LogP contribution in [0.3, 0.4) is 0 Å². The van der Waals surface area contributed by atoms with Crippen LogP contribution in [0.4, 0.5) is 0 Å². The highest BCUT2D eigenvalue weighted by Gasteiger charge is 2.56. The molecule has 1 N–H and O–H groups in total. The third-order valence-electron chi connectivity index (χ3n) is 5.54. The first-order valence-corrected chi connectivity index (χ1v) is 16.3. The molecule has 39 heavy (non-hydrogen) atoms. The van der Waals surface area contributed by atoms with E-state index in [1.807, 2.05) is 0 Å². The smallest absolute Gasteiger partial charge is 0.391 e. The summed E-state index contributed by atoms with van der Waals surface area (Å²) >= 11 is 0.753. The molecule has 0 aliphatic carbocycles. The summed E-state index contributed by atoms with van der Waals surface area (Å²) in [5, 5.41) is 20.2. The van der Waals surface area contributed by atoms with E-state index in [2.05, 4.69) is 19.8 Å². The van der Waals surface area contributed by atoms with Gasteiger partial charge in [0.1, 0.15) is 24.0 Å². The van der Waals surface area contributed by atoms with Crippen LogP contribution in [0.1, 0.15) is 38.6 Å². The Hall–Kier alpha value is -1.68. The second-order valence-corrected chi connectivity index (χ2v) is 14.0. The Balaban J connectivity index is 1.27. The van der Waals surface area contributed by atoms with Gasteiger partial charge in [-0.05, 0) is 50.2 Å². The lowest BCUT2D eigenvalue weighted by atomic mass is 10.1. The summed E-state index contributed by atoms with van der Waals surface area (Å²) in [4.78, 5) is 36.3. The Bertz CT molecular complexity index is 1240. The molecule has 1 aromatic carbocycles. The molecule has 15 nitrogen and oxygen atoms in total. The molecule has 2 fully saturated rings. The number of aliphatic imine (C=N–C) groups is 1. The van der Waals surface area contributed by atoms with Gasteiger partial charge in [0, 0.05) is 17.3 Å². The number of ether oxygens (including phenoxy) is 3. The zero-order chi connectivity index (χ0) is 28.3. The number of hydrogen-bond acceptors (Lipinski definition) is 14. The number of unbranched alkanes of at least 4 members (excludes halogenated alkanes) is 1. The molecular formula is C21H27N4O11P2S-3. The summed E-state index contributed by atoms with van der Waals surface area (Å²) in [7, 11) is -5.23. The first-order valence-electron chi connectivity index (χ1n) is 11.9. The predicted molar refractivity (Wildman–Crippen MR) is 130 cm³/mol. The van der Waals surface area contributed by atoms with Crippen molar-refractivity contribution < 1.29 is 52.2 Å². The lowest BCUT2D eigenvalue weighted by Crippen LogP contribution is -2.34. The van der Waals surface area contributed by atoms with Crippen molar-refractivity contribution in [3.8, 4) is 0 Å². The Labute approximate surface area is 228 Å². The molecule has 2 aromatic rings. The molecule has 1 unspecified atom stereocenters. The third-order valence-corrected chi connectivity index (χ3v) is 8.87.